The molecule has 1 unspecified atom stereocenters. The summed E-state index contributed by atoms with van der Waals surface area (Å²) in [6.07, 6.45) is 3.87. The fraction of sp³-hybridized carbons (Fsp3) is 0.625. The molecular weight excluding hydrogens is 302 g/mol. The highest BCUT2D eigenvalue weighted by atomic mass is 32.2. The molecule has 2 fully saturated rings. The van der Waals surface area contributed by atoms with Gasteiger partial charge in [0, 0.05) is 25.3 Å². The van der Waals surface area contributed by atoms with Crippen LogP contribution in [0.25, 0.3) is 0 Å². The van der Waals surface area contributed by atoms with Gasteiger partial charge in [0.2, 0.25) is 10.0 Å². The first-order valence-corrected chi connectivity index (χ1v) is 9.20. The third-order valence-electron chi connectivity index (χ3n) is 5.14. The predicted octanol–water partition coefficient (Wildman–Crippen LogP) is 2.24. The Labute approximate surface area is 132 Å². The summed E-state index contributed by atoms with van der Waals surface area (Å²) < 4.78 is 39.0. The number of methoxy groups -OCH3 is 1. The molecule has 3 rings (SSSR count). The minimum atomic E-state index is -3.53. The van der Waals surface area contributed by atoms with Gasteiger partial charge in [-0.1, -0.05) is 6.07 Å². The summed E-state index contributed by atoms with van der Waals surface area (Å²) in [6, 6.07) is 5.16. The number of aryl methyl sites for hydroxylation is 1. The lowest BCUT2D eigenvalue weighted by Crippen LogP contribution is -2.57. The van der Waals surface area contributed by atoms with E-state index in [1.54, 1.807) is 25.1 Å². The second kappa shape index (κ2) is 5.83. The molecule has 1 saturated carbocycles. The van der Waals surface area contributed by atoms with E-state index >= 15 is 0 Å². The van der Waals surface area contributed by atoms with Crippen molar-refractivity contribution in [2.75, 3.05) is 20.3 Å². The third-order valence-corrected chi connectivity index (χ3v) is 6.75. The third kappa shape index (κ3) is 2.75. The van der Waals surface area contributed by atoms with Crippen LogP contribution in [0, 0.1) is 12.3 Å². The van der Waals surface area contributed by atoms with Crippen LogP contribution in [0.15, 0.2) is 23.1 Å². The zero-order valence-electron chi connectivity index (χ0n) is 13.1. The molecule has 1 atom stereocenters. The molecule has 1 saturated heterocycles. The number of rotatable bonds is 4. The van der Waals surface area contributed by atoms with Gasteiger partial charge >= 0.3 is 0 Å². The molecule has 0 bridgehead atoms. The highest BCUT2D eigenvalue weighted by Gasteiger charge is 2.48. The van der Waals surface area contributed by atoms with Gasteiger partial charge in [0.15, 0.2) is 0 Å². The number of hydrogen-bond donors (Lipinski definition) is 1. The zero-order chi connectivity index (χ0) is 15.8. The van der Waals surface area contributed by atoms with Crippen molar-refractivity contribution in [2.24, 2.45) is 5.41 Å². The molecule has 0 aromatic heterocycles. The molecule has 5 nitrogen and oxygen atoms in total. The summed E-state index contributed by atoms with van der Waals surface area (Å²) in [5.41, 5.74) is 0.826. The van der Waals surface area contributed by atoms with Crippen molar-refractivity contribution in [3.05, 3.63) is 23.8 Å². The zero-order valence-corrected chi connectivity index (χ0v) is 13.9. The van der Waals surface area contributed by atoms with Gasteiger partial charge in [-0.05, 0) is 49.7 Å². The number of sulfonamides is 1. The standard InChI is InChI=1S/C16H23NO4S/c1-12-3-4-13(20-2)11-14(12)22(18,19)17-15-5-6-16(15)7-9-21-10-8-16/h3-4,11,15,17H,5-10H2,1-2H3. The topological polar surface area (TPSA) is 64.6 Å². The smallest absolute Gasteiger partial charge is 0.241 e. The van der Waals surface area contributed by atoms with Gasteiger partial charge in [-0.3, -0.25) is 0 Å². The van der Waals surface area contributed by atoms with E-state index in [-0.39, 0.29) is 11.5 Å². The van der Waals surface area contributed by atoms with E-state index in [1.807, 2.05) is 0 Å². The molecular formula is C16H23NO4S. The Bertz CT molecular complexity index is 650. The van der Waals surface area contributed by atoms with Crippen LogP contribution in [-0.4, -0.2) is 34.8 Å². The predicted molar refractivity (Wildman–Crippen MR) is 83.6 cm³/mol. The fourth-order valence-corrected chi connectivity index (χ4v) is 5.14. The van der Waals surface area contributed by atoms with Crippen LogP contribution < -0.4 is 9.46 Å². The van der Waals surface area contributed by atoms with Gasteiger partial charge in [-0.15, -0.1) is 0 Å². The Balaban J connectivity index is 1.82. The van der Waals surface area contributed by atoms with Crippen molar-refractivity contribution in [1.29, 1.82) is 0 Å². The molecule has 1 N–H and O–H groups in total. The molecule has 1 aliphatic heterocycles. The average Bonchev–Trinajstić information content (AvgIpc) is 2.53. The van der Waals surface area contributed by atoms with Crippen LogP contribution in [0.1, 0.15) is 31.2 Å². The largest absolute Gasteiger partial charge is 0.497 e. The minimum Gasteiger partial charge on any atom is -0.497 e. The van der Waals surface area contributed by atoms with Crippen molar-refractivity contribution in [1.82, 2.24) is 4.72 Å². The Morgan fingerprint density at radius 3 is 2.59 bits per heavy atom. The summed E-state index contributed by atoms with van der Waals surface area (Å²) >= 11 is 0. The Morgan fingerprint density at radius 2 is 2.00 bits per heavy atom. The molecule has 6 heteroatoms. The van der Waals surface area contributed by atoms with Gasteiger partial charge in [0.05, 0.1) is 12.0 Å². The maximum atomic E-state index is 12.8. The summed E-state index contributed by atoms with van der Waals surface area (Å²) in [7, 11) is -1.99. The first kappa shape index (κ1) is 15.8. The highest BCUT2D eigenvalue weighted by molar-refractivity contribution is 7.89. The monoisotopic (exact) mass is 325 g/mol. The molecule has 1 aromatic rings. The molecule has 0 amide bonds. The quantitative estimate of drug-likeness (QED) is 0.922. The lowest BCUT2D eigenvalue weighted by atomic mass is 9.60. The van der Waals surface area contributed by atoms with Gasteiger partial charge < -0.3 is 9.47 Å². The number of ether oxygens (including phenoxy) is 2. The van der Waals surface area contributed by atoms with E-state index in [9.17, 15) is 8.42 Å². The summed E-state index contributed by atoms with van der Waals surface area (Å²) in [4.78, 5) is 0.306. The molecule has 22 heavy (non-hydrogen) atoms. The normalized spacial score (nSPS) is 24.0. The van der Waals surface area contributed by atoms with Crippen LogP contribution >= 0.6 is 0 Å². The fourth-order valence-electron chi connectivity index (χ4n) is 3.50. The first-order valence-electron chi connectivity index (χ1n) is 7.72. The van der Waals surface area contributed by atoms with Gasteiger partial charge in [-0.2, -0.15) is 0 Å². The van der Waals surface area contributed by atoms with Crippen molar-refractivity contribution in [3.8, 4) is 5.75 Å². The molecule has 2 aliphatic rings. The minimum absolute atomic E-state index is 0.0204. The van der Waals surface area contributed by atoms with Gasteiger partial charge in [0.1, 0.15) is 5.75 Å². The van der Waals surface area contributed by atoms with Crippen LogP contribution in [0.2, 0.25) is 0 Å². The summed E-state index contributed by atoms with van der Waals surface area (Å²) in [6.45, 7) is 3.27. The SMILES string of the molecule is COc1ccc(C)c(S(=O)(=O)NC2CCC23CCOCC3)c1. The molecule has 122 valence electrons. The van der Waals surface area contributed by atoms with Crippen LogP contribution in [0.4, 0.5) is 0 Å². The van der Waals surface area contributed by atoms with Crippen LogP contribution in [-0.2, 0) is 14.8 Å². The van der Waals surface area contributed by atoms with E-state index in [1.165, 1.54) is 7.11 Å². The number of benzene rings is 1. The molecule has 1 aliphatic carbocycles. The van der Waals surface area contributed by atoms with Gasteiger partial charge in [-0.25, -0.2) is 13.1 Å². The Morgan fingerprint density at radius 1 is 1.27 bits per heavy atom. The second-order valence-electron chi connectivity index (χ2n) is 6.32. The van der Waals surface area contributed by atoms with Gasteiger partial charge in [0.25, 0.3) is 0 Å². The van der Waals surface area contributed by atoms with Crippen LogP contribution in [0.3, 0.4) is 0 Å². The van der Waals surface area contributed by atoms with E-state index < -0.39 is 10.0 Å². The van der Waals surface area contributed by atoms with E-state index in [4.69, 9.17) is 9.47 Å². The average molecular weight is 325 g/mol. The van der Waals surface area contributed by atoms with Crippen molar-refractivity contribution >= 4 is 10.0 Å². The molecule has 1 spiro atoms. The van der Waals surface area contributed by atoms with Crippen molar-refractivity contribution in [3.63, 3.8) is 0 Å². The maximum Gasteiger partial charge on any atom is 0.241 e. The summed E-state index contributed by atoms with van der Waals surface area (Å²) in [5, 5.41) is 0. The van der Waals surface area contributed by atoms with E-state index in [0.29, 0.717) is 10.6 Å². The second-order valence-corrected chi connectivity index (χ2v) is 8.00. The van der Waals surface area contributed by atoms with Crippen molar-refractivity contribution in [2.45, 2.75) is 43.5 Å². The lowest BCUT2D eigenvalue weighted by Gasteiger charge is -2.51. The summed E-state index contributed by atoms with van der Waals surface area (Å²) in [5.74, 6) is 0.556. The number of nitrogens with one attached hydrogen (secondary N) is 1. The maximum absolute atomic E-state index is 12.8. The van der Waals surface area contributed by atoms with E-state index in [2.05, 4.69) is 4.72 Å². The van der Waals surface area contributed by atoms with E-state index in [0.717, 1.165) is 44.5 Å². The lowest BCUT2D eigenvalue weighted by molar-refractivity contribution is -0.0483. The Kier molecular flexibility index (Phi) is 4.18. The Hall–Kier alpha value is -1.11. The number of hydrogen-bond acceptors (Lipinski definition) is 4. The van der Waals surface area contributed by atoms with Crippen molar-refractivity contribution < 1.29 is 17.9 Å². The van der Waals surface area contributed by atoms with Crippen LogP contribution in [0.5, 0.6) is 5.75 Å². The first-order chi connectivity index (χ1) is 10.5. The molecule has 0 radical (unpaired) electrons. The molecule has 1 aromatic carbocycles. The highest BCUT2D eigenvalue weighted by Crippen LogP contribution is 2.49. The molecule has 1 heterocycles.